The van der Waals surface area contributed by atoms with Gasteiger partial charge in [-0.05, 0) is 44.5 Å². The predicted molar refractivity (Wildman–Crippen MR) is 80.8 cm³/mol. The molecule has 1 aromatic heterocycles. The maximum atomic E-state index is 6.14. The van der Waals surface area contributed by atoms with Crippen LogP contribution in [0, 0.1) is 5.92 Å². The Kier molecular flexibility index (Phi) is 5.89. The fraction of sp³-hybridized carbons (Fsp3) is 0.643. The van der Waals surface area contributed by atoms with Crippen molar-refractivity contribution in [3.8, 4) is 0 Å². The third kappa shape index (κ3) is 4.60. The first-order chi connectivity index (χ1) is 9.19. The van der Waals surface area contributed by atoms with E-state index in [-0.39, 0.29) is 0 Å². The van der Waals surface area contributed by atoms with E-state index in [9.17, 15) is 0 Å². The summed E-state index contributed by atoms with van der Waals surface area (Å²) in [6, 6.07) is 3.78. The highest BCUT2D eigenvalue weighted by Crippen LogP contribution is 2.20. The summed E-state index contributed by atoms with van der Waals surface area (Å²) in [5.41, 5.74) is 1.05. The average molecular weight is 302 g/mol. The lowest BCUT2D eigenvalue weighted by molar-refractivity contribution is 0.209. The van der Waals surface area contributed by atoms with Crippen LogP contribution in [0.5, 0.6) is 0 Å². The van der Waals surface area contributed by atoms with Gasteiger partial charge in [0, 0.05) is 18.7 Å². The van der Waals surface area contributed by atoms with Gasteiger partial charge in [0.25, 0.3) is 0 Å². The lowest BCUT2D eigenvalue weighted by Crippen LogP contribution is -2.38. The summed E-state index contributed by atoms with van der Waals surface area (Å²) in [7, 11) is 0. The number of rotatable bonds is 5. The van der Waals surface area contributed by atoms with Gasteiger partial charge in [0.05, 0.1) is 0 Å². The number of nitrogens with zero attached hydrogens (tertiary/aromatic N) is 2. The Hall–Kier alpha value is -0.350. The first-order valence-corrected chi connectivity index (χ1v) is 7.68. The third-order valence-corrected chi connectivity index (χ3v) is 4.19. The Morgan fingerprint density at radius 1 is 1.42 bits per heavy atom. The number of aromatic nitrogens is 1. The molecule has 3 nitrogen and oxygen atoms in total. The molecule has 1 fully saturated rings. The number of hydrogen-bond acceptors (Lipinski definition) is 3. The van der Waals surface area contributed by atoms with Crippen LogP contribution in [0.15, 0.2) is 12.1 Å². The molecule has 106 valence electrons. The molecule has 19 heavy (non-hydrogen) atoms. The number of halogens is 2. The Morgan fingerprint density at radius 2 is 2.26 bits per heavy atom. The standard InChI is InChI=1S/C14H21Cl2N3/c1-2-19(9-11-4-3-7-17-8-11)10-12-5-6-13(15)18-14(12)16/h5-6,11,17H,2-4,7-10H2,1H3. The molecule has 5 heteroatoms. The van der Waals surface area contributed by atoms with Crippen molar-refractivity contribution in [2.45, 2.75) is 26.3 Å². The van der Waals surface area contributed by atoms with Gasteiger partial charge < -0.3 is 5.32 Å². The van der Waals surface area contributed by atoms with Gasteiger partial charge in [-0.2, -0.15) is 0 Å². The van der Waals surface area contributed by atoms with Gasteiger partial charge in [0.15, 0.2) is 0 Å². The van der Waals surface area contributed by atoms with Crippen molar-refractivity contribution in [3.63, 3.8) is 0 Å². The maximum Gasteiger partial charge on any atom is 0.135 e. The highest BCUT2D eigenvalue weighted by Gasteiger charge is 2.17. The van der Waals surface area contributed by atoms with Crippen LogP contribution in [0.3, 0.4) is 0 Å². The molecule has 0 aromatic carbocycles. The summed E-state index contributed by atoms with van der Waals surface area (Å²) in [5.74, 6) is 0.743. The van der Waals surface area contributed by atoms with E-state index < -0.39 is 0 Å². The summed E-state index contributed by atoms with van der Waals surface area (Å²) in [6.45, 7) is 7.46. The molecule has 0 saturated carbocycles. The van der Waals surface area contributed by atoms with E-state index in [1.165, 1.54) is 12.8 Å². The number of hydrogen-bond donors (Lipinski definition) is 1. The molecule has 1 unspecified atom stereocenters. The smallest absolute Gasteiger partial charge is 0.135 e. The largest absolute Gasteiger partial charge is 0.316 e. The van der Waals surface area contributed by atoms with Crippen LogP contribution in [0.25, 0.3) is 0 Å². The van der Waals surface area contributed by atoms with Crippen molar-refractivity contribution in [1.82, 2.24) is 15.2 Å². The van der Waals surface area contributed by atoms with Gasteiger partial charge in [-0.1, -0.05) is 36.2 Å². The van der Waals surface area contributed by atoms with Crippen molar-refractivity contribution >= 4 is 23.2 Å². The molecule has 1 aliphatic rings. The lowest BCUT2D eigenvalue weighted by Gasteiger charge is -2.29. The predicted octanol–water partition coefficient (Wildman–Crippen LogP) is 3.21. The number of piperidine rings is 1. The van der Waals surface area contributed by atoms with Crippen LogP contribution in [-0.4, -0.2) is 36.1 Å². The second-order valence-corrected chi connectivity index (χ2v) is 5.87. The van der Waals surface area contributed by atoms with E-state index in [2.05, 4.69) is 22.1 Å². The summed E-state index contributed by atoms with van der Waals surface area (Å²) < 4.78 is 0. The van der Waals surface area contributed by atoms with Crippen LogP contribution in [0.1, 0.15) is 25.3 Å². The summed E-state index contributed by atoms with van der Waals surface area (Å²) >= 11 is 12.0. The zero-order valence-corrected chi connectivity index (χ0v) is 12.8. The number of pyridine rings is 1. The van der Waals surface area contributed by atoms with E-state index in [1.54, 1.807) is 6.07 Å². The minimum absolute atomic E-state index is 0.452. The zero-order valence-electron chi connectivity index (χ0n) is 11.3. The van der Waals surface area contributed by atoms with Crippen molar-refractivity contribution < 1.29 is 0 Å². The van der Waals surface area contributed by atoms with E-state index in [0.29, 0.717) is 10.3 Å². The maximum absolute atomic E-state index is 6.14. The van der Waals surface area contributed by atoms with Crippen LogP contribution in [-0.2, 0) is 6.54 Å². The molecule has 2 heterocycles. The first kappa shape index (κ1) is 15.0. The second kappa shape index (κ2) is 7.44. The van der Waals surface area contributed by atoms with Gasteiger partial charge in [0.2, 0.25) is 0 Å². The van der Waals surface area contributed by atoms with Gasteiger partial charge in [0.1, 0.15) is 10.3 Å². The topological polar surface area (TPSA) is 28.2 Å². The molecular formula is C14H21Cl2N3. The van der Waals surface area contributed by atoms with Crippen molar-refractivity contribution in [1.29, 1.82) is 0 Å². The average Bonchev–Trinajstić information content (AvgIpc) is 2.42. The lowest BCUT2D eigenvalue weighted by atomic mass is 9.99. The summed E-state index contributed by atoms with van der Waals surface area (Å²) in [6.07, 6.45) is 2.60. The minimum Gasteiger partial charge on any atom is -0.316 e. The Bertz CT molecular complexity index is 406. The Balaban J connectivity index is 1.94. The van der Waals surface area contributed by atoms with Crippen LogP contribution >= 0.6 is 23.2 Å². The molecule has 1 atom stereocenters. The van der Waals surface area contributed by atoms with Gasteiger partial charge in [-0.15, -0.1) is 0 Å². The normalized spacial score (nSPS) is 19.9. The molecule has 0 radical (unpaired) electrons. The molecule has 1 aromatic rings. The van der Waals surface area contributed by atoms with Crippen LogP contribution in [0.4, 0.5) is 0 Å². The van der Waals surface area contributed by atoms with Gasteiger partial charge in [-0.25, -0.2) is 4.98 Å². The third-order valence-electron chi connectivity index (χ3n) is 3.65. The van der Waals surface area contributed by atoms with Crippen molar-refractivity contribution in [2.24, 2.45) is 5.92 Å². The van der Waals surface area contributed by atoms with Crippen LogP contribution < -0.4 is 5.32 Å². The molecule has 1 aliphatic heterocycles. The molecule has 1 saturated heterocycles. The zero-order chi connectivity index (χ0) is 13.7. The molecular weight excluding hydrogens is 281 g/mol. The molecule has 0 aliphatic carbocycles. The highest BCUT2D eigenvalue weighted by atomic mass is 35.5. The molecule has 1 N–H and O–H groups in total. The quantitative estimate of drug-likeness (QED) is 0.847. The fourth-order valence-corrected chi connectivity index (χ4v) is 2.95. The van der Waals surface area contributed by atoms with E-state index in [1.807, 2.05) is 6.07 Å². The first-order valence-electron chi connectivity index (χ1n) is 6.93. The van der Waals surface area contributed by atoms with Gasteiger partial charge >= 0.3 is 0 Å². The number of nitrogens with one attached hydrogen (secondary N) is 1. The van der Waals surface area contributed by atoms with Crippen molar-refractivity contribution in [2.75, 3.05) is 26.2 Å². The Morgan fingerprint density at radius 3 is 2.89 bits per heavy atom. The minimum atomic E-state index is 0.452. The summed E-state index contributed by atoms with van der Waals surface area (Å²) in [4.78, 5) is 6.52. The van der Waals surface area contributed by atoms with Crippen LogP contribution in [0.2, 0.25) is 10.3 Å². The van der Waals surface area contributed by atoms with E-state index >= 15 is 0 Å². The summed E-state index contributed by atoms with van der Waals surface area (Å²) in [5, 5.41) is 4.44. The molecule has 2 rings (SSSR count). The Labute approximate surface area is 125 Å². The van der Waals surface area contributed by atoms with E-state index in [0.717, 1.165) is 44.2 Å². The monoisotopic (exact) mass is 301 g/mol. The van der Waals surface area contributed by atoms with E-state index in [4.69, 9.17) is 23.2 Å². The SMILES string of the molecule is CCN(Cc1ccc(Cl)nc1Cl)CC1CCCNC1. The van der Waals surface area contributed by atoms with Gasteiger partial charge in [-0.3, -0.25) is 4.90 Å². The molecule has 0 bridgehead atoms. The second-order valence-electron chi connectivity index (χ2n) is 5.12. The molecule has 0 spiro atoms. The molecule has 0 amide bonds. The van der Waals surface area contributed by atoms with Crippen molar-refractivity contribution in [3.05, 3.63) is 28.0 Å². The highest BCUT2D eigenvalue weighted by molar-refractivity contribution is 6.32. The fourth-order valence-electron chi connectivity index (χ4n) is 2.55.